The van der Waals surface area contributed by atoms with E-state index >= 15 is 0 Å². The van der Waals surface area contributed by atoms with E-state index in [1.807, 2.05) is 55.5 Å². The van der Waals surface area contributed by atoms with Gasteiger partial charge in [-0.2, -0.15) is 0 Å². The molecule has 1 fully saturated rings. The summed E-state index contributed by atoms with van der Waals surface area (Å²) in [7, 11) is 0. The van der Waals surface area contributed by atoms with Gasteiger partial charge in [-0.3, -0.25) is 4.79 Å². The molecule has 0 bridgehead atoms. The SMILES string of the molecule is CC1(c2cccc(Cl)c2)C(=O)NC1c1ccc(Cl)cc1. The summed E-state index contributed by atoms with van der Waals surface area (Å²) in [6.45, 7) is 1.94. The molecule has 1 aliphatic heterocycles. The van der Waals surface area contributed by atoms with Crippen LogP contribution in [0.1, 0.15) is 24.1 Å². The number of hydrogen-bond acceptors (Lipinski definition) is 1. The Kier molecular flexibility index (Phi) is 3.23. The third-order valence-corrected chi connectivity index (χ3v) is 4.44. The number of β-lactam (4-membered cyclic amide) rings is 1. The van der Waals surface area contributed by atoms with Crippen LogP contribution in [-0.4, -0.2) is 5.91 Å². The fraction of sp³-hybridized carbons (Fsp3) is 0.188. The van der Waals surface area contributed by atoms with Gasteiger partial charge in [0.2, 0.25) is 5.91 Å². The molecule has 2 aromatic rings. The van der Waals surface area contributed by atoms with Crippen LogP contribution in [0.4, 0.5) is 0 Å². The van der Waals surface area contributed by atoms with Gasteiger partial charge in [0.15, 0.2) is 0 Å². The molecule has 1 N–H and O–H groups in total. The predicted molar refractivity (Wildman–Crippen MR) is 81.1 cm³/mol. The number of halogens is 2. The Bertz CT molecular complexity index is 668. The summed E-state index contributed by atoms with van der Waals surface area (Å²) < 4.78 is 0. The molecule has 1 saturated heterocycles. The quantitative estimate of drug-likeness (QED) is 0.831. The summed E-state index contributed by atoms with van der Waals surface area (Å²) in [5.74, 6) is 0.0136. The van der Waals surface area contributed by atoms with E-state index in [1.165, 1.54) is 0 Å². The average molecular weight is 306 g/mol. The highest BCUT2D eigenvalue weighted by atomic mass is 35.5. The minimum absolute atomic E-state index is 0.0136. The van der Waals surface area contributed by atoms with Crippen molar-refractivity contribution < 1.29 is 4.79 Å². The van der Waals surface area contributed by atoms with Gasteiger partial charge in [0.1, 0.15) is 0 Å². The van der Waals surface area contributed by atoms with Crippen molar-refractivity contribution in [2.45, 2.75) is 18.4 Å². The Morgan fingerprint density at radius 1 is 1.05 bits per heavy atom. The monoisotopic (exact) mass is 305 g/mol. The molecule has 102 valence electrons. The van der Waals surface area contributed by atoms with E-state index in [9.17, 15) is 4.79 Å². The maximum absolute atomic E-state index is 12.1. The van der Waals surface area contributed by atoms with Crippen LogP contribution in [0.25, 0.3) is 0 Å². The van der Waals surface area contributed by atoms with Gasteiger partial charge in [-0.15, -0.1) is 0 Å². The number of rotatable bonds is 2. The Labute approximate surface area is 127 Å². The van der Waals surface area contributed by atoms with Crippen molar-refractivity contribution in [1.82, 2.24) is 5.32 Å². The van der Waals surface area contributed by atoms with Crippen LogP contribution in [0.5, 0.6) is 0 Å². The minimum atomic E-state index is -0.598. The fourth-order valence-electron chi connectivity index (χ4n) is 2.66. The molecular weight excluding hydrogens is 293 g/mol. The van der Waals surface area contributed by atoms with E-state index in [1.54, 1.807) is 0 Å². The maximum atomic E-state index is 12.1. The van der Waals surface area contributed by atoms with Gasteiger partial charge in [0, 0.05) is 10.0 Å². The lowest BCUT2D eigenvalue weighted by Gasteiger charge is -2.47. The lowest BCUT2D eigenvalue weighted by atomic mass is 9.67. The second-order valence-electron chi connectivity index (χ2n) is 5.17. The first-order valence-electron chi connectivity index (χ1n) is 6.34. The molecule has 2 nitrogen and oxygen atoms in total. The summed E-state index contributed by atoms with van der Waals surface area (Å²) in [5, 5.41) is 4.28. The number of carbonyl (C=O) groups excluding carboxylic acids is 1. The zero-order valence-corrected chi connectivity index (χ0v) is 12.4. The smallest absolute Gasteiger partial charge is 0.233 e. The number of benzene rings is 2. The standard InChI is InChI=1S/C16H13Cl2NO/c1-16(11-3-2-4-13(18)9-11)14(19-15(16)20)10-5-7-12(17)8-6-10/h2-9,14H,1H3,(H,19,20). The van der Waals surface area contributed by atoms with Gasteiger partial charge in [-0.25, -0.2) is 0 Å². The van der Waals surface area contributed by atoms with E-state index in [0.717, 1.165) is 11.1 Å². The van der Waals surface area contributed by atoms with Crippen LogP contribution in [0.3, 0.4) is 0 Å². The summed E-state index contributed by atoms with van der Waals surface area (Å²) in [5.41, 5.74) is 1.36. The van der Waals surface area contributed by atoms with Crippen molar-refractivity contribution in [1.29, 1.82) is 0 Å². The lowest BCUT2D eigenvalue weighted by Crippen LogP contribution is -2.62. The zero-order valence-electron chi connectivity index (χ0n) is 10.9. The second-order valence-corrected chi connectivity index (χ2v) is 6.04. The Balaban J connectivity index is 2.02. The first kappa shape index (κ1) is 13.5. The number of hydrogen-bond donors (Lipinski definition) is 1. The molecule has 1 heterocycles. The number of carbonyl (C=O) groups is 1. The van der Waals surface area contributed by atoms with Gasteiger partial charge in [-0.05, 0) is 42.3 Å². The van der Waals surface area contributed by atoms with Gasteiger partial charge in [0.05, 0.1) is 11.5 Å². The molecule has 3 rings (SSSR count). The van der Waals surface area contributed by atoms with Crippen molar-refractivity contribution >= 4 is 29.1 Å². The first-order valence-corrected chi connectivity index (χ1v) is 7.10. The van der Waals surface area contributed by atoms with Crippen LogP contribution < -0.4 is 5.32 Å². The molecule has 20 heavy (non-hydrogen) atoms. The largest absolute Gasteiger partial charge is 0.347 e. The number of amides is 1. The van der Waals surface area contributed by atoms with Crippen molar-refractivity contribution in [3.8, 4) is 0 Å². The zero-order chi connectivity index (χ0) is 14.3. The van der Waals surface area contributed by atoms with Crippen LogP contribution >= 0.6 is 23.2 Å². The molecule has 0 aromatic heterocycles. The van der Waals surface area contributed by atoms with Crippen molar-refractivity contribution in [3.05, 3.63) is 69.7 Å². The molecule has 1 amide bonds. The number of nitrogens with one attached hydrogen (secondary N) is 1. The first-order chi connectivity index (χ1) is 9.51. The maximum Gasteiger partial charge on any atom is 0.233 e. The molecule has 0 saturated carbocycles. The lowest BCUT2D eigenvalue weighted by molar-refractivity contribution is -0.137. The van der Waals surface area contributed by atoms with E-state index in [0.29, 0.717) is 10.0 Å². The topological polar surface area (TPSA) is 29.1 Å². The molecule has 4 heteroatoms. The van der Waals surface area contributed by atoms with Gasteiger partial charge in [0.25, 0.3) is 0 Å². The highest BCUT2D eigenvalue weighted by molar-refractivity contribution is 6.31. The third kappa shape index (κ3) is 2.00. The van der Waals surface area contributed by atoms with Crippen LogP contribution in [-0.2, 0) is 10.2 Å². The third-order valence-electron chi connectivity index (χ3n) is 3.95. The Morgan fingerprint density at radius 3 is 2.35 bits per heavy atom. The van der Waals surface area contributed by atoms with Crippen LogP contribution in [0.2, 0.25) is 10.0 Å². The van der Waals surface area contributed by atoms with E-state index in [2.05, 4.69) is 5.32 Å². The minimum Gasteiger partial charge on any atom is -0.347 e. The summed E-state index contributed by atoms with van der Waals surface area (Å²) in [6.07, 6.45) is 0. The summed E-state index contributed by atoms with van der Waals surface area (Å²) in [4.78, 5) is 12.1. The molecule has 2 atom stereocenters. The van der Waals surface area contributed by atoms with E-state index < -0.39 is 5.41 Å². The summed E-state index contributed by atoms with van der Waals surface area (Å²) in [6, 6.07) is 14.9. The molecule has 0 spiro atoms. The van der Waals surface area contributed by atoms with Gasteiger partial charge in [-0.1, -0.05) is 47.5 Å². The Hall–Kier alpha value is -1.51. The molecule has 2 aromatic carbocycles. The fourth-order valence-corrected chi connectivity index (χ4v) is 2.98. The van der Waals surface area contributed by atoms with Crippen molar-refractivity contribution in [2.24, 2.45) is 0 Å². The normalized spacial score (nSPS) is 24.9. The highest BCUT2D eigenvalue weighted by Gasteiger charge is 2.53. The van der Waals surface area contributed by atoms with Crippen LogP contribution in [0.15, 0.2) is 48.5 Å². The van der Waals surface area contributed by atoms with Crippen molar-refractivity contribution in [2.75, 3.05) is 0 Å². The molecule has 1 aliphatic rings. The van der Waals surface area contributed by atoms with E-state index in [4.69, 9.17) is 23.2 Å². The van der Waals surface area contributed by atoms with Gasteiger partial charge < -0.3 is 5.32 Å². The molecular formula is C16H13Cl2NO. The van der Waals surface area contributed by atoms with Crippen LogP contribution in [0, 0.1) is 0 Å². The predicted octanol–water partition coefficient (Wildman–Crippen LogP) is 4.12. The second kappa shape index (κ2) is 4.80. The summed E-state index contributed by atoms with van der Waals surface area (Å²) >= 11 is 12.0. The Morgan fingerprint density at radius 2 is 1.75 bits per heavy atom. The molecule has 2 unspecified atom stereocenters. The molecule has 0 aliphatic carbocycles. The highest BCUT2D eigenvalue weighted by Crippen LogP contribution is 2.45. The molecule has 0 radical (unpaired) electrons. The van der Waals surface area contributed by atoms with Crippen molar-refractivity contribution in [3.63, 3.8) is 0 Å². The van der Waals surface area contributed by atoms with Gasteiger partial charge >= 0.3 is 0 Å². The average Bonchev–Trinajstić information content (AvgIpc) is 2.45. The van der Waals surface area contributed by atoms with E-state index in [-0.39, 0.29) is 11.9 Å².